The first-order chi connectivity index (χ1) is 14.5. The highest BCUT2D eigenvalue weighted by Gasteiger charge is 2.34. The van der Waals surface area contributed by atoms with Crippen molar-refractivity contribution in [2.45, 2.75) is 39.5 Å². The zero-order chi connectivity index (χ0) is 22.9. The molecule has 1 atom stereocenters. The number of amides is 1. The van der Waals surface area contributed by atoms with Crippen molar-refractivity contribution in [3.63, 3.8) is 0 Å². The van der Waals surface area contributed by atoms with Gasteiger partial charge in [-0.2, -0.15) is 13.2 Å². The maximum Gasteiger partial charge on any atom is 0.422 e. The van der Waals surface area contributed by atoms with Crippen LogP contribution in [0, 0.1) is 18.7 Å². The third-order valence-corrected chi connectivity index (χ3v) is 4.99. The molecule has 3 rings (SSSR count). The number of likely N-dealkylation sites (N-methyl/N-ethyl adjacent to an activating group) is 1. The molecule has 0 bridgehead atoms. The maximum atomic E-state index is 14.1. The molecule has 0 saturated carbocycles. The molecule has 0 spiro atoms. The molecule has 1 aliphatic rings. The van der Waals surface area contributed by atoms with Crippen LogP contribution in [0.1, 0.15) is 25.1 Å². The Morgan fingerprint density at radius 2 is 2.00 bits per heavy atom. The van der Waals surface area contributed by atoms with Crippen LogP contribution in [0.2, 0.25) is 0 Å². The minimum absolute atomic E-state index is 0.0843. The number of halogens is 4. The lowest BCUT2D eigenvalue weighted by molar-refractivity contribution is -0.153. The van der Waals surface area contributed by atoms with E-state index in [-0.39, 0.29) is 24.4 Å². The predicted molar refractivity (Wildman–Crippen MR) is 110 cm³/mol. The number of aromatic nitrogens is 1. The fourth-order valence-electron chi connectivity index (χ4n) is 3.58. The molecule has 10 heteroatoms. The van der Waals surface area contributed by atoms with E-state index in [9.17, 15) is 22.4 Å². The number of nitrogens with one attached hydrogen (secondary N) is 2. The number of pyridine rings is 1. The van der Waals surface area contributed by atoms with E-state index < -0.39 is 24.3 Å². The van der Waals surface area contributed by atoms with E-state index in [1.165, 1.54) is 12.1 Å². The molecule has 31 heavy (non-hydrogen) atoms. The van der Waals surface area contributed by atoms with Crippen molar-refractivity contribution in [1.82, 2.24) is 4.98 Å². The summed E-state index contributed by atoms with van der Waals surface area (Å²) in [5, 5.41) is 6.01. The summed E-state index contributed by atoms with van der Waals surface area (Å²) in [7, 11) is 1.85. The smallest absolute Gasteiger partial charge is 0.422 e. The Balaban J connectivity index is 1.74. The summed E-state index contributed by atoms with van der Waals surface area (Å²) in [4.78, 5) is 18.8. The van der Waals surface area contributed by atoms with Gasteiger partial charge in [0.2, 0.25) is 5.91 Å². The second-order valence-corrected chi connectivity index (χ2v) is 7.80. The monoisotopic (exact) mass is 440 g/mol. The minimum Gasteiger partial charge on any atom is -0.481 e. The SMILES string of the molecule is Cc1nc(NCc2ccc(OCC(F)(F)F)c(F)c2)cc2c1NC(=O)[C@H](C(C)C)N2C. The van der Waals surface area contributed by atoms with Crippen molar-refractivity contribution < 1.29 is 27.1 Å². The van der Waals surface area contributed by atoms with Crippen LogP contribution >= 0.6 is 0 Å². The molecule has 0 saturated heterocycles. The summed E-state index contributed by atoms with van der Waals surface area (Å²) in [5.41, 5.74) is 2.60. The summed E-state index contributed by atoms with van der Waals surface area (Å²) in [6.07, 6.45) is -4.54. The van der Waals surface area contributed by atoms with Gasteiger partial charge in [-0.25, -0.2) is 9.37 Å². The van der Waals surface area contributed by atoms with Gasteiger partial charge >= 0.3 is 6.18 Å². The van der Waals surface area contributed by atoms with Gasteiger partial charge in [0.1, 0.15) is 11.9 Å². The van der Waals surface area contributed by atoms with E-state index in [1.54, 1.807) is 13.0 Å². The highest BCUT2D eigenvalue weighted by molar-refractivity contribution is 6.04. The second kappa shape index (κ2) is 8.60. The number of anilines is 3. The number of ether oxygens (including phenoxy) is 1. The zero-order valence-electron chi connectivity index (χ0n) is 17.6. The average molecular weight is 440 g/mol. The van der Waals surface area contributed by atoms with E-state index in [1.807, 2.05) is 25.8 Å². The number of rotatable bonds is 6. The van der Waals surface area contributed by atoms with E-state index in [0.717, 1.165) is 11.8 Å². The largest absolute Gasteiger partial charge is 0.481 e. The van der Waals surface area contributed by atoms with Crippen molar-refractivity contribution >= 4 is 23.1 Å². The van der Waals surface area contributed by atoms with Gasteiger partial charge in [0.25, 0.3) is 0 Å². The molecule has 1 aliphatic heterocycles. The fourth-order valence-corrected chi connectivity index (χ4v) is 3.58. The summed E-state index contributed by atoms with van der Waals surface area (Å²) < 4.78 is 55.3. The van der Waals surface area contributed by atoms with Gasteiger partial charge in [-0.05, 0) is 30.5 Å². The number of aryl methyl sites for hydroxylation is 1. The number of hydrogen-bond acceptors (Lipinski definition) is 5. The molecule has 0 aliphatic carbocycles. The Bertz CT molecular complexity index is 979. The van der Waals surface area contributed by atoms with Crippen LogP contribution in [-0.4, -0.2) is 36.8 Å². The Morgan fingerprint density at radius 3 is 2.61 bits per heavy atom. The number of nitrogens with zero attached hydrogens (tertiary/aromatic N) is 2. The fraction of sp³-hybridized carbons (Fsp3) is 0.429. The molecule has 0 unspecified atom stereocenters. The highest BCUT2D eigenvalue weighted by Crippen LogP contribution is 2.36. The first-order valence-electron chi connectivity index (χ1n) is 9.73. The standard InChI is InChI=1S/C21H24F4N4O2/c1-11(2)19-20(30)28-18-12(3)27-17(8-15(18)29(19)4)26-9-13-5-6-16(14(22)7-13)31-10-21(23,24)25/h5-8,11,19H,9-10H2,1-4H3,(H,26,27)(H,28,30)/t19-/m0/s1. The molecule has 168 valence electrons. The van der Waals surface area contributed by atoms with Gasteiger partial charge in [-0.3, -0.25) is 4.79 Å². The Kier molecular flexibility index (Phi) is 6.28. The molecule has 2 aromatic rings. The Hall–Kier alpha value is -3.04. The maximum absolute atomic E-state index is 14.1. The van der Waals surface area contributed by atoms with Crippen LogP contribution in [-0.2, 0) is 11.3 Å². The molecule has 0 fully saturated rings. The van der Waals surface area contributed by atoms with Crippen LogP contribution in [0.3, 0.4) is 0 Å². The Labute approximate surface area is 177 Å². The highest BCUT2D eigenvalue weighted by atomic mass is 19.4. The van der Waals surface area contributed by atoms with Crippen molar-refractivity contribution in [2.24, 2.45) is 5.92 Å². The number of fused-ring (bicyclic) bond motifs is 1. The van der Waals surface area contributed by atoms with Gasteiger partial charge < -0.3 is 20.3 Å². The lowest BCUT2D eigenvalue weighted by Gasteiger charge is -2.38. The molecular weight excluding hydrogens is 416 g/mol. The summed E-state index contributed by atoms with van der Waals surface area (Å²) in [6, 6.07) is 5.24. The van der Waals surface area contributed by atoms with Crippen LogP contribution in [0.15, 0.2) is 24.3 Å². The molecule has 1 aromatic carbocycles. The van der Waals surface area contributed by atoms with Gasteiger partial charge in [0.15, 0.2) is 18.2 Å². The minimum atomic E-state index is -4.54. The number of alkyl halides is 3. The van der Waals surface area contributed by atoms with E-state index in [2.05, 4.69) is 20.4 Å². The van der Waals surface area contributed by atoms with E-state index in [0.29, 0.717) is 22.8 Å². The number of benzene rings is 1. The molecule has 6 nitrogen and oxygen atoms in total. The Morgan fingerprint density at radius 1 is 1.29 bits per heavy atom. The number of carbonyl (C=O) groups excluding carboxylic acids is 1. The third kappa shape index (κ3) is 5.18. The van der Waals surface area contributed by atoms with Crippen molar-refractivity contribution in [3.05, 3.63) is 41.3 Å². The van der Waals surface area contributed by atoms with Gasteiger partial charge in [-0.15, -0.1) is 0 Å². The summed E-state index contributed by atoms with van der Waals surface area (Å²) in [5.74, 6) is -0.788. The van der Waals surface area contributed by atoms with Crippen LogP contribution in [0.4, 0.5) is 34.8 Å². The molecule has 1 amide bonds. The first-order valence-corrected chi connectivity index (χ1v) is 9.73. The summed E-state index contributed by atoms with van der Waals surface area (Å²) in [6.45, 7) is 4.36. The average Bonchev–Trinajstić information content (AvgIpc) is 2.65. The van der Waals surface area contributed by atoms with Gasteiger partial charge in [0, 0.05) is 19.7 Å². The molecule has 1 aromatic heterocycles. The van der Waals surface area contributed by atoms with Gasteiger partial charge in [0.05, 0.1) is 17.1 Å². The predicted octanol–water partition coefficient (Wildman–Crippen LogP) is 4.50. The van der Waals surface area contributed by atoms with Crippen molar-refractivity contribution in [3.8, 4) is 5.75 Å². The molecular formula is C21H24F4N4O2. The quantitative estimate of drug-likeness (QED) is 0.648. The zero-order valence-corrected chi connectivity index (χ0v) is 17.6. The lowest BCUT2D eigenvalue weighted by Crippen LogP contribution is -2.49. The molecule has 0 radical (unpaired) electrons. The van der Waals surface area contributed by atoms with Crippen molar-refractivity contribution in [1.29, 1.82) is 0 Å². The van der Waals surface area contributed by atoms with E-state index >= 15 is 0 Å². The number of hydrogen-bond donors (Lipinski definition) is 2. The molecule has 2 N–H and O–H groups in total. The third-order valence-electron chi connectivity index (χ3n) is 4.99. The van der Waals surface area contributed by atoms with E-state index in [4.69, 9.17) is 0 Å². The normalized spacial score (nSPS) is 16.2. The second-order valence-electron chi connectivity index (χ2n) is 7.80. The number of carbonyl (C=O) groups is 1. The van der Waals surface area contributed by atoms with Crippen LogP contribution in [0.5, 0.6) is 5.75 Å². The van der Waals surface area contributed by atoms with Crippen molar-refractivity contribution in [2.75, 3.05) is 29.2 Å². The molecule has 2 heterocycles. The van der Waals surface area contributed by atoms with Crippen LogP contribution < -0.4 is 20.3 Å². The summed E-state index contributed by atoms with van der Waals surface area (Å²) >= 11 is 0. The first kappa shape index (κ1) is 22.6. The van der Waals surface area contributed by atoms with Crippen LogP contribution in [0.25, 0.3) is 0 Å². The topological polar surface area (TPSA) is 66.5 Å². The van der Waals surface area contributed by atoms with Gasteiger partial charge in [-0.1, -0.05) is 19.9 Å². The lowest BCUT2D eigenvalue weighted by atomic mass is 9.98.